The van der Waals surface area contributed by atoms with Crippen molar-refractivity contribution in [2.75, 3.05) is 7.11 Å². The number of methoxy groups -OCH3 is 1. The first-order chi connectivity index (χ1) is 8.22. The Morgan fingerprint density at radius 2 is 2.06 bits per heavy atom. The number of aromatic nitrogens is 1. The molecule has 17 heavy (non-hydrogen) atoms. The fourth-order valence-corrected chi connectivity index (χ4v) is 2.98. The van der Waals surface area contributed by atoms with Crippen LogP contribution in [0.3, 0.4) is 0 Å². The average Bonchev–Trinajstić information content (AvgIpc) is 2.85. The van der Waals surface area contributed by atoms with Gasteiger partial charge in [-0.15, -0.1) is 11.3 Å². The van der Waals surface area contributed by atoms with Gasteiger partial charge in [-0.2, -0.15) is 0 Å². The Hall–Kier alpha value is -1.81. The summed E-state index contributed by atoms with van der Waals surface area (Å²) in [4.78, 5) is 12.3. The van der Waals surface area contributed by atoms with Crippen molar-refractivity contribution in [1.82, 2.24) is 4.57 Å². The Morgan fingerprint density at radius 3 is 2.82 bits per heavy atom. The van der Waals surface area contributed by atoms with Crippen LogP contribution in [0.25, 0.3) is 21.1 Å². The second-order valence-corrected chi connectivity index (χ2v) is 4.82. The van der Waals surface area contributed by atoms with Gasteiger partial charge in [-0.05, 0) is 29.6 Å². The molecule has 0 amide bonds. The highest BCUT2D eigenvalue weighted by molar-refractivity contribution is 7.17. The van der Waals surface area contributed by atoms with Crippen LogP contribution in [0.4, 0.5) is 0 Å². The number of hydrogen-bond donors (Lipinski definition) is 0. The van der Waals surface area contributed by atoms with E-state index in [0.29, 0.717) is 11.1 Å². The van der Waals surface area contributed by atoms with E-state index >= 15 is 0 Å². The number of nitrogens with zero attached hydrogens (tertiary/aromatic N) is 1. The molecule has 0 aliphatic heterocycles. The number of hydrogen-bond acceptors (Lipinski definition) is 3. The number of pyridine rings is 1. The van der Waals surface area contributed by atoms with Gasteiger partial charge in [0, 0.05) is 7.05 Å². The van der Waals surface area contributed by atoms with Crippen molar-refractivity contribution in [2.24, 2.45) is 7.05 Å². The highest BCUT2D eigenvalue weighted by atomic mass is 32.1. The van der Waals surface area contributed by atoms with Crippen LogP contribution in [-0.2, 0) is 7.05 Å². The molecular weight excluding hydrogens is 234 g/mol. The summed E-state index contributed by atoms with van der Waals surface area (Å²) in [6.45, 7) is 0. The van der Waals surface area contributed by atoms with Crippen LogP contribution in [0.2, 0.25) is 0 Å². The lowest BCUT2D eigenvalue weighted by Crippen LogP contribution is -2.07. The van der Waals surface area contributed by atoms with Crippen molar-refractivity contribution in [3.8, 4) is 5.75 Å². The Bertz CT molecular complexity index is 770. The second kappa shape index (κ2) is 3.60. The number of benzene rings is 1. The summed E-state index contributed by atoms with van der Waals surface area (Å²) < 4.78 is 8.01. The van der Waals surface area contributed by atoms with Gasteiger partial charge >= 0.3 is 0 Å². The molecule has 86 valence electrons. The third-order valence-corrected chi connectivity index (χ3v) is 3.92. The molecule has 0 saturated carbocycles. The molecule has 0 aliphatic carbocycles. The largest absolute Gasteiger partial charge is 0.497 e. The van der Waals surface area contributed by atoms with Crippen LogP contribution >= 0.6 is 11.3 Å². The zero-order valence-electron chi connectivity index (χ0n) is 9.56. The molecule has 3 nitrogen and oxygen atoms in total. The van der Waals surface area contributed by atoms with Crippen molar-refractivity contribution >= 4 is 32.5 Å². The van der Waals surface area contributed by atoms with Crippen molar-refractivity contribution in [3.63, 3.8) is 0 Å². The molecule has 4 heteroatoms. The molecule has 2 heterocycles. The maximum atomic E-state index is 12.3. The summed E-state index contributed by atoms with van der Waals surface area (Å²) in [5.41, 5.74) is 2.00. The normalized spacial score (nSPS) is 11.2. The summed E-state index contributed by atoms with van der Waals surface area (Å²) in [7, 11) is 3.58. The predicted molar refractivity (Wildman–Crippen MR) is 71.1 cm³/mol. The third kappa shape index (κ3) is 1.37. The van der Waals surface area contributed by atoms with Gasteiger partial charge in [-0.1, -0.05) is 0 Å². The number of rotatable bonds is 1. The van der Waals surface area contributed by atoms with Crippen LogP contribution in [0.1, 0.15) is 0 Å². The topological polar surface area (TPSA) is 31.2 Å². The molecular formula is C13H11NO2S. The van der Waals surface area contributed by atoms with Crippen LogP contribution in [0.15, 0.2) is 34.4 Å². The van der Waals surface area contributed by atoms with Gasteiger partial charge in [0.15, 0.2) is 0 Å². The predicted octanol–water partition coefficient (Wildman–Crippen LogP) is 2.76. The highest BCUT2D eigenvalue weighted by Crippen LogP contribution is 2.24. The van der Waals surface area contributed by atoms with Crippen molar-refractivity contribution in [1.29, 1.82) is 0 Å². The zero-order valence-corrected chi connectivity index (χ0v) is 10.4. The third-order valence-electron chi connectivity index (χ3n) is 3.02. The van der Waals surface area contributed by atoms with Gasteiger partial charge in [0.1, 0.15) is 5.75 Å². The molecule has 0 N–H and O–H groups in total. The van der Waals surface area contributed by atoms with Crippen LogP contribution in [0.5, 0.6) is 5.75 Å². The molecule has 0 atom stereocenters. The summed E-state index contributed by atoms with van der Waals surface area (Å²) in [5.74, 6) is 0.713. The smallest absolute Gasteiger partial charge is 0.207 e. The molecule has 0 saturated heterocycles. The summed E-state index contributed by atoms with van der Waals surface area (Å²) in [5, 5.41) is 2.66. The lowest BCUT2D eigenvalue weighted by Gasteiger charge is -2.08. The highest BCUT2D eigenvalue weighted by Gasteiger charge is 2.10. The minimum atomic E-state index is 0.0852. The summed E-state index contributed by atoms with van der Waals surface area (Å²) in [6.07, 6.45) is 0. The Labute approximate surface area is 102 Å². The number of fused-ring (bicyclic) bond motifs is 2. The Morgan fingerprint density at radius 1 is 1.24 bits per heavy atom. The molecule has 0 radical (unpaired) electrons. The number of thiophene rings is 1. The lowest BCUT2D eigenvalue weighted by atomic mass is 10.2. The van der Waals surface area contributed by atoms with E-state index in [1.54, 1.807) is 13.2 Å². The standard InChI is InChI=1S/C13H11NO2S/c1-14-10-4-3-8(16-2)7-9(10)12(15)13-11(14)5-6-17-13/h3-7H,1-2H3. The van der Waals surface area contributed by atoms with Crippen LogP contribution < -0.4 is 10.2 Å². The first-order valence-corrected chi connectivity index (χ1v) is 6.14. The fraction of sp³-hybridized carbons (Fsp3) is 0.154. The van der Waals surface area contributed by atoms with E-state index in [1.807, 2.05) is 35.2 Å². The molecule has 0 bridgehead atoms. The number of ether oxygens (including phenoxy) is 1. The summed E-state index contributed by atoms with van der Waals surface area (Å²) in [6, 6.07) is 7.58. The quantitative estimate of drug-likeness (QED) is 0.660. The number of aryl methyl sites for hydroxylation is 1. The maximum Gasteiger partial charge on any atom is 0.207 e. The minimum absolute atomic E-state index is 0.0852. The van der Waals surface area contributed by atoms with Gasteiger partial charge in [-0.25, -0.2) is 0 Å². The van der Waals surface area contributed by atoms with E-state index in [9.17, 15) is 4.79 Å². The molecule has 3 rings (SSSR count). The first-order valence-electron chi connectivity index (χ1n) is 5.26. The fourth-order valence-electron chi connectivity index (χ4n) is 2.11. The summed E-state index contributed by atoms with van der Waals surface area (Å²) >= 11 is 1.48. The van der Waals surface area contributed by atoms with Crippen LogP contribution in [-0.4, -0.2) is 11.7 Å². The maximum absolute atomic E-state index is 12.3. The van der Waals surface area contributed by atoms with Crippen molar-refractivity contribution < 1.29 is 4.74 Å². The van der Waals surface area contributed by atoms with Crippen molar-refractivity contribution in [3.05, 3.63) is 39.9 Å². The molecule has 2 aromatic heterocycles. The van der Waals surface area contributed by atoms with E-state index in [2.05, 4.69) is 0 Å². The molecule has 0 aliphatic rings. The van der Waals surface area contributed by atoms with E-state index < -0.39 is 0 Å². The molecule has 1 aromatic carbocycles. The van der Waals surface area contributed by atoms with Gasteiger partial charge in [0.2, 0.25) is 5.43 Å². The van der Waals surface area contributed by atoms with Gasteiger partial charge in [-0.3, -0.25) is 4.79 Å². The van der Waals surface area contributed by atoms with Gasteiger partial charge in [0.25, 0.3) is 0 Å². The first kappa shape index (κ1) is 10.4. The van der Waals surface area contributed by atoms with Crippen LogP contribution in [0, 0.1) is 0 Å². The lowest BCUT2D eigenvalue weighted by molar-refractivity contribution is 0.415. The average molecular weight is 245 g/mol. The minimum Gasteiger partial charge on any atom is -0.497 e. The zero-order chi connectivity index (χ0) is 12.0. The van der Waals surface area contributed by atoms with E-state index in [-0.39, 0.29) is 5.43 Å². The van der Waals surface area contributed by atoms with E-state index in [0.717, 1.165) is 15.7 Å². The van der Waals surface area contributed by atoms with Crippen molar-refractivity contribution in [2.45, 2.75) is 0 Å². The monoisotopic (exact) mass is 245 g/mol. The molecule has 3 aromatic rings. The Balaban J connectivity index is 2.59. The van der Waals surface area contributed by atoms with E-state index in [1.165, 1.54) is 11.3 Å². The molecule has 0 unspecified atom stereocenters. The Kier molecular flexibility index (Phi) is 2.19. The van der Waals surface area contributed by atoms with E-state index in [4.69, 9.17) is 4.74 Å². The second-order valence-electron chi connectivity index (χ2n) is 3.91. The van der Waals surface area contributed by atoms with Gasteiger partial charge < -0.3 is 9.30 Å². The molecule has 0 fully saturated rings. The van der Waals surface area contributed by atoms with Gasteiger partial charge in [0.05, 0.1) is 28.2 Å². The SMILES string of the molecule is COc1ccc2c(c1)c(=O)c1sccc1n2C. The molecule has 0 spiro atoms.